The molecule has 0 aliphatic heterocycles. The number of rotatable bonds is 1. The second kappa shape index (κ2) is 5.10. The van der Waals surface area contributed by atoms with Crippen molar-refractivity contribution in [3.63, 3.8) is 0 Å². The van der Waals surface area contributed by atoms with Crippen LogP contribution in [0.4, 0.5) is 0 Å². The number of fused-ring (bicyclic) bond motifs is 5. The number of aromatic amines is 1. The first-order chi connectivity index (χ1) is 11.8. The Bertz CT molecular complexity index is 1060. The van der Waals surface area contributed by atoms with Crippen molar-refractivity contribution in [3.8, 4) is 17.0 Å². The van der Waals surface area contributed by atoms with Gasteiger partial charge < -0.3 is 10.1 Å². The number of nitrogens with one attached hydrogen (secondary N) is 1. The van der Waals surface area contributed by atoms with Gasteiger partial charge in [0.25, 0.3) is 0 Å². The maximum Gasteiger partial charge on any atom is 0.115 e. The standard InChI is InChI=1S/C21H18N2O/c24-15-8-5-13(6-9-15)19-17-4-2-1-3-16(17)18-10-7-14-11-12-22-20(14)21(18)23-19/h5-12,22,24H,1-4H2. The molecule has 0 amide bonds. The first-order valence-corrected chi connectivity index (χ1v) is 8.52. The van der Waals surface area contributed by atoms with E-state index in [-0.39, 0.29) is 0 Å². The van der Waals surface area contributed by atoms with Gasteiger partial charge >= 0.3 is 0 Å². The van der Waals surface area contributed by atoms with Crippen molar-refractivity contribution < 1.29 is 5.11 Å². The summed E-state index contributed by atoms with van der Waals surface area (Å²) >= 11 is 0. The fourth-order valence-corrected chi connectivity index (χ4v) is 3.97. The van der Waals surface area contributed by atoms with E-state index in [1.807, 2.05) is 18.3 Å². The van der Waals surface area contributed by atoms with Crippen molar-refractivity contribution in [2.75, 3.05) is 0 Å². The van der Waals surface area contributed by atoms with E-state index in [1.54, 1.807) is 12.1 Å². The maximum absolute atomic E-state index is 9.60. The van der Waals surface area contributed by atoms with Gasteiger partial charge in [-0.05, 0) is 67.1 Å². The Morgan fingerprint density at radius 2 is 1.67 bits per heavy atom. The molecule has 2 N–H and O–H groups in total. The molecule has 4 aromatic rings. The van der Waals surface area contributed by atoms with Gasteiger partial charge in [-0.15, -0.1) is 0 Å². The zero-order valence-electron chi connectivity index (χ0n) is 13.3. The van der Waals surface area contributed by atoms with Crippen LogP contribution >= 0.6 is 0 Å². The lowest BCUT2D eigenvalue weighted by molar-refractivity contribution is 0.475. The second-order valence-electron chi connectivity index (χ2n) is 6.58. The Labute approximate surface area is 140 Å². The van der Waals surface area contributed by atoms with E-state index in [4.69, 9.17) is 4.98 Å². The monoisotopic (exact) mass is 314 g/mol. The van der Waals surface area contributed by atoms with Crippen LogP contribution in [0.25, 0.3) is 33.1 Å². The van der Waals surface area contributed by atoms with E-state index in [0.717, 1.165) is 35.1 Å². The number of nitrogens with zero attached hydrogens (tertiary/aromatic N) is 1. The van der Waals surface area contributed by atoms with Crippen molar-refractivity contribution >= 4 is 21.8 Å². The van der Waals surface area contributed by atoms with Crippen molar-refractivity contribution in [3.05, 3.63) is 59.8 Å². The molecule has 118 valence electrons. The first kappa shape index (κ1) is 13.6. The summed E-state index contributed by atoms with van der Waals surface area (Å²) in [5.41, 5.74) is 7.15. The van der Waals surface area contributed by atoms with Crippen LogP contribution in [0.2, 0.25) is 0 Å². The lowest BCUT2D eigenvalue weighted by Gasteiger charge is -2.21. The summed E-state index contributed by atoms with van der Waals surface area (Å²) in [6.45, 7) is 0. The molecule has 0 bridgehead atoms. The molecule has 5 rings (SSSR count). The van der Waals surface area contributed by atoms with Gasteiger partial charge in [-0.25, -0.2) is 4.98 Å². The third-order valence-corrected chi connectivity index (χ3v) is 5.14. The zero-order chi connectivity index (χ0) is 16.1. The molecule has 2 aromatic carbocycles. The van der Waals surface area contributed by atoms with Crippen molar-refractivity contribution in [2.45, 2.75) is 25.7 Å². The number of hydrogen-bond acceptors (Lipinski definition) is 2. The van der Waals surface area contributed by atoms with Crippen LogP contribution in [-0.4, -0.2) is 15.1 Å². The highest BCUT2D eigenvalue weighted by molar-refractivity contribution is 6.05. The van der Waals surface area contributed by atoms with Crippen molar-refractivity contribution in [1.29, 1.82) is 0 Å². The van der Waals surface area contributed by atoms with E-state index in [1.165, 1.54) is 34.7 Å². The molecule has 0 radical (unpaired) electrons. The number of phenolic OH excluding ortho intramolecular Hbond substituents is 1. The molecule has 0 unspecified atom stereocenters. The summed E-state index contributed by atoms with van der Waals surface area (Å²) in [6, 6.07) is 13.9. The normalized spacial score (nSPS) is 14.2. The van der Waals surface area contributed by atoms with Crippen LogP contribution in [0.5, 0.6) is 5.75 Å². The molecule has 1 aliphatic rings. The summed E-state index contributed by atoms with van der Waals surface area (Å²) in [7, 11) is 0. The van der Waals surface area contributed by atoms with Gasteiger partial charge in [-0.2, -0.15) is 0 Å². The third-order valence-electron chi connectivity index (χ3n) is 5.14. The largest absolute Gasteiger partial charge is 0.508 e. The molecule has 0 spiro atoms. The Morgan fingerprint density at radius 3 is 2.50 bits per heavy atom. The topological polar surface area (TPSA) is 48.9 Å². The number of pyridine rings is 1. The highest BCUT2D eigenvalue weighted by Crippen LogP contribution is 2.37. The predicted octanol–water partition coefficient (Wildman–Crippen LogP) is 4.97. The molecular weight excluding hydrogens is 296 g/mol. The van der Waals surface area contributed by atoms with Gasteiger partial charge in [-0.3, -0.25) is 0 Å². The maximum atomic E-state index is 9.60. The number of aryl methyl sites for hydroxylation is 1. The zero-order valence-corrected chi connectivity index (χ0v) is 13.3. The summed E-state index contributed by atoms with van der Waals surface area (Å²) < 4.78 is 0. The van der Waals surface area contributed by atoms with Crippen LogP contribution in [0.1, 0.15) is 24.0 Å². The average molecular weight is 314 g/mol. The van der Waals surface area contributed by atoms with E-state index in [9.17, 15) is 5.11 Å². The molecule has 3 heteroatoms. The van der Waals surface area contributed by atoms with E-state index >= 15 is 0 Å². The Kier molecular flexibility index (Phi) is 2.89. The van der Waals surface area contributed by atoms with E-state index in [2.05, 4.69) is 23.2 Å². The Balaban J connectivity index is 1.89. The lowest BCUT2D eigenvalue weighted by atomic mass is 9.86. The number of H-pyrrole nitrogens is 1. The highest BCUT2D eigenvalue weighted by Gasteiger charge is 2.20. The molecule has 0 atom stereocenters. The van der Waals surface area contributed by atoms with Crippen LogP contribution < -0.4 is 0 Å². The quantitative estimate of drug-likeness (QED) is 0.521. The van der Waals surface area contributed by atoms with Crippen molar-refractivity contribution in [1.82, 2.24) is 9.97 Å². The lowest BCUT2D eigenvalue weighted by Crippen LogP contribution is -2.07. The average Bonchev–Trinajstić information content (AvgIpc) is 3.11. The van der Waals surface area contributed by atoms with Crippen molar-refractivity contribution in [2.24, 2.45) is 0 Å². The number of aromatic hydroxyl groups is 1. The minimum absolute atomic E-state index is 0.292. The molecule has 2 aromatic heterocycles. The van der Waals surface area contributed by atoms with Crippen LogP contribution in [0, 0.1) is 0 Å². The highest BCUT2D eigenvalue weighted by atomic mass is 16.3. The van der Waals surface area contributed by atoms with Gasteiger partial charge in [0.1, 0.15) is 5.75 Å². The van der Waals surface area contributed by atoms with Gasteiger partial charge in [0.05, 0.1) is 16.7 Å². The first-order valence-electron chi connectivity index (χ1n) is 8.52. The summed E-state index contributed by atoms with van der Waals surface area (Å²) in [5, 5.41) is 12.1. The van der Waals surface area contributed by atoms with Gasteiger partial charge in [-0.1, -0.05) is 12.1 Å². The molecule has 3 nitrogen and oxygen atoms in total. The van der Waals surface area contributed by atoms with Gasteiger partial charge in [0.15, 0.2) is 0 Å². The SMILES string of the molecule is Oc1ccc(-c2nc3c(ccc4cc[nH]c43)c3c2CCCC3)cc1. The molecular formula is C21H18N2O. The third kappa shape index (κ3) is 1.94. The number of hydrogen-bond donors (Lipinski definition) is 2. The van der Waals surface area contributed by atoms with E-state index in [0.29, 0.717) is 5.75 Å². The summed E-state index contributed by atoms with van der Waals surface area (Å²) in [4.78, 5) is 8.43. The molecule has 0 fully saturated rings. The Hall–Kier alpha value is -2.81. The second-order valence-corrected chi connectivity index (χ2v) is 6.58. The molecule has 0 saturated carbocycles. The van der Waals surface area contributed by atoms with E-state index < -0.39 is 0 Å². The molecule has 1 aliphatic carbocycles. The number of benzene rings is 2. The minimum Gasteiger partial charge on any atom is -0.508 e. The smallest absolute Gasteiger partial charge is 0.115 e. The Morgan fingerprint density at radius 1 is 0.875 bits per heavy atom. The summed E-state index contributed by atoms with van der Waals surface area (Å²) in [6.07, 6.45) is 6.63. The van der Waals surface area contributed by atoms with Crippen LogP contribution in [-0.2, 0) is 12.8 Å². The van der Waals surface area contributed by atoms with Gasteiger partial charge in [0, 0.05) is 22.5 Å². The predicted molar refractivity (Wildman–Crippen MR) is 97.3 cm³/mol. The van der Waals surface area contributed by atoms with Crippen LogP contribution in [0.3, 0.4) is 0 Å². The number of phenols is 1. The fraction of sp³-hybridized carbons (Fsp3) is 0.190. The fourth-order valence-electron chi connectivity index (χ4n) is 3.97. The molecule has 0 saturated heterocycles. The number of aromatic nitrogens is 2. The van der Waals surface area contributed by atoms with Crippen LogP contribution in [0.15, 0.2) is 48.7 Å². The molecule has 2 heterocycles. The van der Waals surface area contributed by atoms with Gasteiger partial charge in [0.2, 0.25) is 0 Å². The molecule has 24 heavy (non-hydrogen) atoms. The minimum atomic E-state index is 0.292. The summed E-state index contributed by atoms with van der Waals surface area (Å²) in [5.74, 6) is 0.292.